The van der Waals surface area contributed by atoms with Crippen molar-refractivity contribution in [3.63, 3.8) is 0 Å². The van der Waals surface area contributed by atoms with Crippen molar-refractivity contribution < 1.29 is 0 Å². The van der Waals surface area contributed by atoms with E-state index in [0.717, 1.165) is 16.3 Å². The normalized spacial score (nSPS) is 10.6. The van der Waals surface area contributed by atoms with Crippen LogP contribution in [0.1, 0.15) is 11.4 Å². The number of aryl methyl sites for hydroxylation is 2. The van der Waals surface area contributed by atoms with E-state index >= 15 is 0 Å². The number of anilines is 1. The fourth-order valence-electron chi connectivity index (χ4n) is 1.25. The minimum Gasteiger partial charge on any atom is -0.382 e. The quantitative estimate of drug-likeness (QED) is 0.832. The smallest absolute Gasteiger partial charge is 0.151 e. The van der Waals surface area contributed by atoms with Crippen LogP contribution in [0.5, 0.6) is 0 Å². The highest BCUT2D eigenvalue weighted by atomic mass is 35.5. The van der Waals surface area contributed by atoms with Crippen LogP contribution in [-0.2, 0) is 0 Å². The molecule has 0 atom stereocenters. The van der Waals surface area contributed by atoms with Gasteiger partial charge >= 0.3 is 0 Å². The van der Waals surface area contributed by atoms with Crippen LogP contribution in [0, 0.1) is 13.8 Å². The summed E-state index contributed by atoms with van der Waals surface area (Å²) in [4.78, 5) is 9.53. The second-order valence-corrected chi connectivity index (χ2v) is 4.55. The fourth-order valence-corrected chi connectivity index (χ4v) is 2.39. The van der Waals surface area contributed by atoms with Gasteiger partial charge in [-0.05, 0) is 25.3 Å². The van der Waals surface area contributed by atoms with Crippen LogP contribution >= 0.6 is 22.9 Å². The van der Waals surface area contributed by atoms with E-state index in [1.54, 1.807) is 0 Å². The third-order valence-electron chi connectivity index (χ3n) is 2.17. The molecule has 2 N–H and O–H groups in total. The SMILES string of the molecule is Cc1nc(N)c(-c2sccc2Cl)nc1C. The lowest BCUT2D eigenvalue weighted by atomic mass is 10.3. The van der Waals surface area contributed by atoms with E-state index in [-0.39, 0.29) is 0 Å². The molecule has 0 aliphatic rings. The Kier molecular flexibility index (Phi) is 2.63. The minimum absolute atomic E-state index is 0.433. The molecule has 0 aromatic carbocycles. The van der Waals surface area contributed by atoms with Gasteiger partial charge in [-0.1, -0.05) is 11.6 Å². The van der Waals surface area contributed by atoms with Gasteiger partial charge in [0.1, 0.15) is 5.69 Å². The number of thiophene rings is 1. The maximum absolute atomic E-state index is 6.03. The fraction of sp³-hybridized carbons (Fsp3) is 0.200. The highest BCUT2D eigenvalue weighted by Crippen LogP contribution is 2.34. The van der Waals surface area contributed by atoms with Gasteiger partial charge in [0.25, 0.3) is 0 Å². The van der Waals surface area contributed by atoms with Crippen LogP contribution in [0.25, 0.3) is 10.6 Å². The van der Waals surface area contributed by atoms with Crippen molar-refractivity contribution in [3.05, 3.63) is 27.9 Å². The van der Waals surface area contributed by atoms with E-state index in [0.29, 0.717) is 16.5 Å². The third kappa shape index (κ3) is 1.82. The summed E-state index contributed by atoms with van der Waals surface area (Å²) in [5, 5.41) is 2.58. The van der Waals surface area contributed by atoms with Gasteiger partial charge in [-0.15, -0.1) is 11.3 Å². The van der Waals surface area contributed by atoms with Gasteiger partial charge in [0.05, 0.1) is 21.3 Å². The summed E-state index contributed by atoms with van der Waals surface area (Å²) in [6.45, 7) is 3.80. The summed E-state index contributed by atoms with van der Waals surface area (Å²) < 4.78 is 0. The molecule has 0 saturated carbocycles. The van der Waals surface area contributed by atoms with Gasteiger partial charge in [0, 0.05) is 0 Å². The molecule has 0 amide bonds. The zero-order valence-corrected chi connectivity index (χ0v) is 9.99. The lowest BCUT2D eigenvalue weighted by Gasteiger charge is -2.06. The number of aromatic nitrogens is 2. The Hall–Kier alpha value is -1.13. The lowest BCUT2D eigenvalue weighted by Crippen LogP contribution is -2.01. The Labute approximate surface area is 96.9 Å². The predicted octanol–water partition coefficient (Wildman–Crippen LogP) is 3.06. The molecule has 0 aliphatic heterocycles. The molecule has 0 unspecified atom stereocenters. The van der Waals surface area contributed by atoms with Crippen molar-refractivity contribution in [3.8, 4) is 10.6 Å². The third-order valence-corrected chi connectivity index (χ3v) is 3.51. The molecule has 78 valence electrons. The first kappa shape index (κ1) is 10.4. The molecule has 2 aromatic rings. The Balaban J connectivity index is 2.64. The first-order valence-electron chi connectivity index (χ1n) is 4.43. The van der Waals surface area contributed by atoms with E-state index in [9.17, 15) is 0 Å². The maximum Gasteiger partial charge on any atom is 0.151 e. The molecule has 0 bridgehead atoms. The van der Waals surface area contributed by atoms with E-state index in [1.165, 1.54) is 11.3 Å². The number of nitrogens with two attached hydrogens (primary N) is 1. The Bertz CT molecular complexity index is 507. The summed E-state index contributed by atoms with van der Waals surface area (Å²) in [7, 11) is 0. The Morgan fingerprint density at radius 2 is 1.93 bits per heavy atom. The van der Waals surface area contributed by atoms with Crippen molar-refractivity contribution in [1.82, 2.24) is 9.97 Å². The first-order chi connectivity index (χ1) is 7.09. The standard InChI is InChI=1S/C10H10ClN3S/c1-5-6(2)14-10(12)8(13-5)9-7(11)3-4-15-9/h3-4H,1-2H3,(H2,12,14). The molecule has 15 heavy (non-hydrogen) atoms. The van der Waals surface area contributed by atoms with Gasteiger partial charge in [-0.2, -0.15) is 0 Å². The van der Waals surface area contributed by atoms with Gasteiger partial charge < -0.3 is 5.73 Å². The topological polar surface area (TPSA) is 51.8 Å². The van der Waals surface area contributed by atoms with Gasteiger partial charge in [-0.3, -0.25) is 0 Å². The van der Waals surface area contributed by atoms with Crippen LogP contribution in [0.2, 0.25) is 5.02 Å². The second-order valence-electron chi connectivity index (χ2n) is 3.23. The van der Waals surface area contributed by atoms with Crippen LogP contribution in [0.3, 0.4) is 0 Å². The van der Waals surface area contributed by atoms with E-state index < -0.39 is 0 Å². The van der Waals surface area contributed by atoms with E-state index in [1.807, 2.05) is 25.3 Å². The summed E-state index contributed by atoms with van der Waals surface area (Å²) in [6.07, 6.45) is 0. The van der Waals surface area contributed by atoms with Gasteiger partial charge in [0.15, 0.2) is 5.82 Å². The predicted molar refractivity (Wildman–Crippen MR) is 64.2 cm³/mol. The number of hydrogen-bond donors (Lipinski definition) is 1. The van der Waals surface area contributed by atoms with Crippen molar-refractivity contribution >= 4 is 28.8 Å². The largest absolute Gasteiger partial charge is 0.382 e. The molecule has 0 saturated heterocycles. The maximum atomic E-state index is 6.03. The molecule has 0 spiro atoms. The lowest BCUT2D eigenvalue weighted by molar-refractivity contribution is 1.06. The molecule has 5 heteroatoms. The number of rotatable bonds is 1. The molecule has 0 radical (unpaired) electrons. The van der Waals surface area contributed by atoms with Crippen LogP contribution < -0.4 is 5.73 Å². The molecule has 3 nitrogen and oxygen atoms in total. The van der Waals surface area contributed by atoms with E-state index in [2.05, 4.69) is 9.97 Å². The molecule has 2 heterocycles. The highest BCUT2D eigenvalue weighted by molar-refractivity contribution is 7.14. The van der Waals surface area contributed by atoms with Gasteiger partial charge in [-0.25, -0.2) is 9.97 Å². The van der Waals surface area contributed by atoms with Crippen molar-refractivity contribution in [2.75, 3.05) is 5.73 Å². The number of hydrogen-bond acceptors (Lipinski definition) is 4. The summed E-state index contributed by atoms with van der Waals surface area (Å²) in [6, 6.07) is 1.83. The molecule has 0 fully saturated rings. The molecular weight excluding hydrogens is 230 g/mol. The monoisotopic (exact) mass is 239 g/mol. The number of halogens is 1. The van der Waals surface area contributed by atoms with Crippen molar-refractivity contribution in [2.24, 2.45) is 0 Å². The average Bonchev–Trinajstić information content (AvgIpc) is 2.58. The number of nitrogen functional groups attached to an aromatic ring is 1. The summed E-state index contributed by atoms with van der Waals surface area (Å²) >= 11 is 7.54. The van der Waals surface area contributed by atoms with E-state index in [4.69, 9.17) is 17.3 Å². The summed E-state index contributed by atoms with van der Waals surface area (Å²) in [5.41, 5.74) is 8.23. The summed E-state index contributed by atoms with van der Waals surface area (Å²) in [5.74, 6) is 0.433. The minimum atomic E-state index is 0.433. The first-order valence-corrected chi connectivity index (χ1v) is 5.69. The average molecular weight is 240 g/mol. The Morgan fingerprint density at radius 1 is 1.27 bits per heavy atom. The van der Waals surface area contributed by atoms with Crippen LogP contribution in [-0.4, -0.2) is 9.97 Å². The van der Waals surface area contributed by atoms with Crippen LogP contribution in [0.4, 0.5) is 5.82 Å². The van der Waals surface area contributed by atoms with Crippen molar-refractivity contribution in [2.45, 2.75) is 13.8 Å². The molecule has 2 aromatic heterocycles. The van der Waals surface area contributed by atoms with Gasteiger partial charge in [0.2, 0.25) is 0 Å². The highest BCUT2D eigenvalue weighted by Gasteiger charge is 2.12. The zero-order valence-electron chi connectivity index (χ0n) is 8.41. The molecule has 2 rings (SSSR count). The zero-order chi connectivity index (χ0) is 11.0. The number of nitrogens with zero attached hydrogens (tertiary/aromatic N) is 2. The van der Waals surface area contributed by atoms with Crippen molar-refractivity contribution in [1.29, 1.82) is 0 Å². The van der Waals surface area contributed by atoms with Crippen LogP contribution in [0.15, 0.2) is 11.4 Å². The second kappa shape index (κ2) is 3.79. The Morgan fingerprint density at radius 3 is 2.53 bits per heavy atom. The molecular formula is C10H10ClN3S. The molecule has 0 aliphatic carbocycles.